The Morgan fingerprint density at radius 2 is 1.37 bits per heavy atom. The second kappa shape index (κ2) is 17.6. The quantitative estimate of drug-likeness (QED) is 0.0680. The zero-order valence-electron chi connectivity index (χ0n) is 37.8. The van der Waals surface area contributed by atoms with Crippen LogP contribution in [0.1, 0.15) is 99.1 Å². The minimum atomic E-state index is -0.447. The van der Waals surface area contributed by atoms with Crippen molar-refractivity contribution in [1.29, 1.82) is 0 Å². The maximum atomic E-state index is 11.7. The van der Waals surface area contributed by atoms with E-state index in [0.717, 1.165) is 58.7 Å². The number of carbonyl (C=O) groups is 1. The average Bonchev–Trinajstić information content (AvgIpc) is 3.17. The number of ketones is 1. The molecule has 0 saturated carbocycles. The van der Waals surface area contributed by atoms with Gasteiger partial charge in [-0.05, 0) is 78.9 Å². The molecule has 5 heteroatoms. The van der Waals surface area contributed by atoms with Gasteiger partial charge >= 0.3 is 0 Å². The molecule has 1 radical (unpaired) electrons. The molecule has 0 atom stereocenters. The second-order valence-corrected chi connectivity index (χ2v) is 14.3. The summed E-state index contributed by atoms with van der Waals surface area (Å²) < 4.78 is 51.5. The van der Waals surface area contributed by atoms with Crippen LogP contribution >= 0.6 is 0 Å². The molecule has 1 heterocycles. The van der Waals surface area contributed by atoms with E-state index in [1.807, 2.05) is 77.9 Å². The number of aryl methyl sites for hydroxylation is 2. The van der Waals surface area contributed by atoms with E-state index >= 15 is 0 Å². The van der Waals surface area contributed by atoms with Crippen molar-refractivity contribution >= 4 is 38.4 Å². The molecule has 1 aromatic heterocycles. The van der Waals surface area contributed by atoms with Crippen molar-refractivity contribution in [3.63, 3.8) is 0 Å². The van der Waals surface area contributed by atoms with Gasteiger partial charge in [0.15, 0.2) is 5.78 Å². The van der Waals surface area contributed by atoms with E-state index in [-0.39, 0.29) is 94.9 Å². The summed E-state index contributed by atoms with van der Waals surface area (Å²) in [6.45, 7) is 18.5. The van der Waals surface area contributed by atoms with E-state index in [1.54, 1.807) is 0 Å². The van der Waals surface area contributed by atoms with Crippen LogP contribution in [0.2, 0.25) is 0 Å². The average molecular weight is 876 g/mol. The van der Waals surface area contributed by atoms with Crippen LogP contribution in [0.5, 0.6) is 0 Å². The number of nitrogens with zero attached hydrogens (tertiary/aromatic N) is 2. The Kier molecular flexibility index (Phi) is 11.0. The summed E-state index contributed by atoms with van der Waals surface area (Å²) in [7, 11) is 0. The molecule has 0 fully saturated rings. The van der Waals surface area contributed by atoms with Gasteiger partial charge in [-0.25, -0.2) is 0 Å². The fourth-order valence-electron chi connectivity index (χ4n) is 6.65. The molecule has 0 aliphatic rings. The van der Waals surface area contributed by atoms with Gasteiger partial charge in [0.25, 0.3) is 0 Å². The number of hydrogen-bond donors (Lipinski definition) is 1. The Morgan fingerprint density at radius 3 is 1.90 bits per heavy atom. The second-order valence-electron chi connectivity index (χ2n) is 14.3. The van der Waals surface area contributed by atoms with Crippen molar-refractivity contribution in [2.45, 2.75) is 93.4 Å². The molecule has 0 aliphatic heterocycles. The number of carbonyl (C=O) groups excluding carboxylic acids is 1. The number of rotatable bonds is 9. The third-order valence-corrected chi connectivity index (χ3v) is 9.71. The van der Waals surface area contributed by atoms with Crippen molar-refractivity contribution < 1.29 is 38.2 Å². The first-order valence-electron chi connectivity index (χ1n) is 21.1. The number of aromatic nitrogens is 2. The van der Waals surface area contributed by atoms with Crippen molar-refractivity contribution in [1.82, 2.24) is 9.97 Å². The molecule has 52 heavy (non-hydrogen) atoms. The summed E-state index contributed by atoms with van der Waals surface area (Å²) in [5, 5.41) is 11.7. The van der Waals surface area contributed by atoms with Crippen LogP contribution in [-0.2, 0) is 30.3 Å². The minimum absolute atomic E-state index is 0. The first-order valence-corrected chi connectivity index (χ1v) is 18.1. The third kappa shape index (κ3) is 8.88. The Hall–Kier alpha value is -4.18. The van der Waals surface area contributed by atoms with Crippen LogP contribution in [0.15, 0.2) is 96.6 Å². The van der Waals surface area contributed by atoms with Crippen molar-refractivity contribution in [3.8, 4) is 22.5 Å². The predicted octanol–water partition coefficient (Wildman–Crippen LogP) is 12.9. The SMILES string of the molecule is CCC(CC)C(=O)/C=C(\O)C(CC)CC.[2H]c1c([2H])c([2H])c2c([2H])c3nc(-c4c(C)cccc4C)c(-c4[c-]c5ccccc5c(C(C)(C)C)c4)nc3c([2H])c2c1[2H].[Ir]. The van der Waals surface area contributed by atoms with Crippen molar-refractivity contribution in [2.24, 2.45) is 11.8 Å². The molecular formula is C47H53IrN2O2-. The van der Waals surface area contributed by atoms with Gasteiger partial charge in [-0.2, -0.15) is 0 Å². The van der Waals surface area contributed by atoms with Gasteiger partial charge in [-0.15, -0.1) is 29.1 Å². The molecule has 5 aromatic carbocycles. The summed E-state index contributed by atoms with van der Waals surface area (Å²) in [6, 6.07) is 17.7. The first-order chi connectivity index (χ1) is 26.9. The van der Waals surface area contributed by atoms with Crippen LogP contribution in [0.4, 0.5) is 0 Å². The Bertz CT molecular complexity index is 2520. The molecule has 273 valence electrons. The standard InChI is InChI=1S/C34H29N2.C13H24O2.Ir/c1-21-11-10-12-22(2)31(21)33-32(35-29-19-23-13-6-7-14-24(23)20-30(29)36-33)26-17-25-15-8-9-16-27(25)28(18-26)34(3,4)5;1-5-10(6-2)12(14)9-13(15)11(7-3)8-4;/h6-16,18-20H,1-5H3;9-11,14H,5-8H2,1-4H3;/q-1;;/b;12-9-;/i6D,7D,13D,14D,19D,20D;;. The normalized spacial score (nSPS) is 13.6. The van der Waals surface area contributed by atoms with E-state index in [2.05, 4.69) is 39.0 Å². The smallest absolute Gasteiger partial charge is 0.162 e. The predicted molar refractivity (Wildman–Crippen MR) is 216 cm³/mol. The maximum absolute atomic E-state index is 11.7. The third-order valence-electron chi connectivity index (χ3n) is 9.71. The molecule has 0 bridgehead atoms. The number of hydrogen-bond acceptors (Lipinski definition) is 4. The summed E-state index contributed by atoms with van der Waals surface area (Å²) in [6.07, 6.45) is 4.91. The molecule has 0 saturated heterocycles. The van der Waals surface area contributed by atoms with Crippen molar-refractivity contribution in [3.05, 3.63) is 119 Å². The van der Waals surface area contributed by atoms with Gasteiger partial charge in [0.2, 0.25) is 0 Å². The van der Waals surface area contributed by atoms with E-state index in [4.69, 9.17) is 18.2 Å². The number of benzene rings is 5. The van der Waals surface area contributed by atoms with Gasteiger partial charge in [0.05, 0.1) is 30.7 Å². The zero-order chi connectivity index (χ0) is 42.1. The molecular weight excluding hydrogens is 817 g/mol. The fourth-order valence-corrected chi connectivity index (χ4v) is 6.65. The molecule has 0 aliphatic carbocycles. The van der Waals surface area contributed by atoms with E-state index in [1.165, 1.54) is 6.08 Å². The van der Waals surface area contributed by atoms with Gasteiger partial charge in [0.1, 0.15) is 0 Å². The van der Waals surface area contributed by atoms with Crippen LogP contribution < -0.4 is 0 Å². The molecule has 0 amide bonds. The Balaban J connectivity index is 0.000000398. The van der Waals surface area contributed by atoms with Gasteiger partial charge < -0.3 is 5.11 Å². The summed E-state index contributed by atoms with van der Waals surface area (Å²) in [4.78, 5) is 21.7. The van der Waals surface area contributed by atoms with Gasteiger partial charge in [0, 0.05) is 49.3 Å². The molecule has 6 aromatic rings. The number of aliphatic hydroxyl groups excluding tert-OH is 1. The van der Waals surface area contributed by atoms with Crippen LogP contribution in [0.3, 0.4) is 0 Å². The maximum Gasteiger partial charge on any atom is 0.162 e. The van der Waals surface area contributed by atoms with Crippen LogP contribution in [-0.4, -0.2) is 20.9 Å². The van der Waals surface area contributed by atoms with Crippen LogP contribution in [0, 0.1) is 31.7 Å². The monoisotopic (exact) mass is 876 g/mol. The van der Waals surface area contributed by atoms with E-state index in [9.17, 15) is 9.90 Å². The molecule has 6 rings (SSSR count). The van der Waals surface area contributed by atoms with E-state index in [0.29, 0.717) is 17.0 Å². The first kappa shape index (κ1) is 32.5. The van der Waals surface area contributed by atoms with Crippen molar-refractivity contribution in [2.75, 3.05) is 0 Å². The molecule has 0 unspecified atom stereocenters. The largest absolute Gasteiger partial charge is 0.512 e. The summed E-state index contributed by atoms with van der Waals surface area (Å²) in [5.41, 5.74) is 5.71. The fraction of sp³-hybridized carbons (Fsp3) is 0.340. The number of aliphatic hydroxyl groups is 1. The Labute approximate surface area is 332 Å². The number of allylic oxidation sites excluding steroid dienone is 2. The van der Waals surface area contributed by atoms with Gasteiger partial charge in [-0.1, -0.05) is 120 Å². The molecule has 0 spiro atoms. The van der Waals surface area contributed by atoms with Crippen LogP contribution in [0.25, 0.3) is 55.1 Å². The topological polar surface area (TPSA) is 63.1 Å². The van der Waals surface area contributed by atoms with E-state index < -0.39 is 12.1 Å². The Morgan fingerprint density at radius 1 is 0.827 bits per heavy atom. The molecule has 1 N–H and O–H groups in total. The zero-order valence-corrected chi connectivity index (χ0v) is 34.2. The molecule has 4 nitrogen and oxygen atoms in total. The summed E-state index contributed by atoms with van der Waals surface area (Å²) >= 11 is 0. The summed E-state index contributed by atoms with van der Waals surface area (Å²) in [5.74, 6) is 0.547. The van der Waals surface area contributed by atoms with Gasteiger partial charge in [-0.3, -0.25) is 14.8 Å². The number of fused-ring (bicyclic) bond motifs is 3. The minimum Gasteiger partial charge on any atom is -0.512 e.